The minimum absolute atomic E-state index is 0.0961. The first kappa shape index (κ1) is 18.0. The molecule has 8 nitrogen and oxygen atoms in total. The number of carbonyl (C=O) groups excluding carboxylic acids is 3. The van der Waals surface area contributed by atoms with E-state index in [-0.39, 0.29) is 24.9 Å². The summed E-state index contributed by atoms with van der Waals surface area (Å²) in [7, 11) is 1.30. The lowest BCUT2D eigenvalue weighted by atomic mass is 9.91. The number of nitrogens with one attached hydrogen (secondary N) is 1. The van der Waals surface area contributed by atoms with E-state index in [0.29, 0.717) is 24.3 Å². The van der Waals surface area contributed by atoms with E-state index in [1.165, 1.54) is 29.9 Å². The molecule has 0 radical (unpaired) electrons. The van der Waals surface area contributed by atoms with E-state index in [9.17, 15) is 18.8 Å². The average molecular weight is 365 g/mol. The SMILES string of the molecule is COC(=O)N1CC(c2ccc(N3CC(CNC(C)=O)OC3=O)cc2F)C1. The van der Waals surface area contributed by atoms with Gasteiger partial charge in [0.2, 0.25) is 5.91 Å². The monoisotopic (exact) mass is 365 g/mol. The van der Waals surface area contributed by atoms with Gasteiger partial charge in [0.1, 0.15) is 11.9 Å². The summed E-state index contributed by atoms with van der Waals surface area (Å²) < 4.78 is 24.3. The zero-order valence-corrected chi connectivity index (χ0v) is 14.5. The molecule has 2 heterocycles. The molecule has 0 spiro atoms. The highest BCUT2D eigenvalue weighted by atomic mass is 19.1. The molecule has 140 valence electrons. The predicted molar refractivity (Wildman–Crippen MR) is 89.4 cm³/mol. The van der Waals surface area contributed by atoms with Gasteiger partial charge in [-0.3, -0.25) is 9.69 Å². The maximum absolute atomic E-state index is 14.5. The Morgan fingerprint density at radius 1 is 1.35 bits per heavy atom. The van der Waals surface area contributed by atoms with Gasteiger partial charge in [0, 0.05) is 25.9 Å². The fraction of sp³-hybridized carbons (Fsp3) is 0.471. The van der Waals surface area contributed by atoms with E-state index in [2.05, 4.69) is 10.1 Å². The summed E-state index contributed by atoms with van der Waals surface area (Å²) in [6.07, 6.45) is -1.48. The zero-order chi connectivity index (χ0) is 18.8. The quantitative estimate of drug-likeness (QED) is 0.873. The molecule has 26 heavy (non-hydrogen) atoms. The maximum Gasteiger partial charge on any atom is 0.414 e. The third-order valence-electron chi connectivity index (χ3n) is 4.50. The molecule has 2 fully saturated rings. The second-order valence-electron chi connectivity index (χ2n) is 6.33. The molecule has 1 N–H and O–H groups in total. The molecule has 2 aliphatic heterocycles. The Bertz CT molecular complexity index is 735. The molecule has 3 rings (SSSR count). The Labute approximate surface area is 149 Å². The number of amides is 3. The van der Waals surface area contributed by atoms with Crippen LogP contribution >= 0.6 is 0 Å². The number of cyclic esters (lactones) is 1. The Kier molecular flexibility index (Phi) is 4.97. The van der Waals surface area contributed by atoms with E-state index in [1.807, 2.05) is 0 Å². The van der Waals surface area contributed by atoms with Crippen molar-refractivity contribution in [2.24, 2.45) is 0 Å². The van der Waals surface area contributed by atoms with Crippen molar-refractivity contribution in [2.75, 3.05) is 38.2 Å². The van der Waals surface area contributed by atoms with E-state index >= 15 is 0 Å². The molecular weight excluding hydrogens is 345 g/mol. The second-order valence-corrected chi connectivity index (χ2v) is 6.33. The van der Waals surface area contributed by atoms with E-state index in [4.69, 9.17) is 4.74 Å². The van der Waals surface area contributed by atoms with Crippen LogP contribution in [0.5, 0.6) is 0 Å². The summed E-state index contributed by atoms with van der Waals surface area (Å²) in [6, 6.07) is 4.57. The lowest BCUT2D eigenvalue weighted by Gasteiger charge is -2.38. The molecule has 0 aliphatic carbocycles. The Morgan fingerprint density at radius 3 is 2.69 bits per heavy atom. The summed E-state index contributed by atoms with van der Waals surface area (Å²) >= 11 is 0. The van der Waals surface area contributed by atoms with Crippen molar-refractivity contribution in [2.45, 2.75) is 18.9 Å². The summed E-state index contributed by atoms with van der Waals surface area (Å²) in [5.74, 6) is -0.743. The highest BCUT2D eigenvalue weighted by Gasteiger charge is 2.36. The number of benzene rings is 1. The van der Waals surface area contributed by atoms with Crippen LogP contribution in [0.2, 0.25) is 0 Å². The number of likely N-dealkylation sites (tertiary alicyclic amines) is 1. The minimum atomic E-state index is -0.576. The fourth-order valence-corrected chi connectivity index (χ4v) is 3.06. The van der Waals surface area contributed by atoms with Crippen LogP contribution in [0.1, 0.15) is 18.4 Å². The lowest BCUT2D eigenvalue weighted by molar-refractivity contribution is -0.119. The van der Waals surface area contributed by atoms with Crippen molar-refractivity contribution in [3.05, 3.63) is 29.6 Å². The van der Waals surface area contributed by atoms with Gasteiger partial charge in [0.25, 0.3) is 0 Å². The van der Waals surface area contributed by atoms with Crippen LogP contribution in [0, 0.1) is 5.82 Å². The first-order chi connectivity index (χ1) is 12.4. The molecule has 1 aromatic rings. The number of rotatable bonds is 4. The molecular formula is C17H20FN3O5. The smallest absolute Gasteiger partial charge is 0.414 e. The predicted octanol–water partition coefficient (Wildman–Crippen LogP) is 1.45. The number of hydrogen-bond donors (Lipinski definition) is 1. The second kappa shape index (κ2) is 7.19. The first-order valence-electron chi connectivity index (χ1n) is 8.24. The highest BCUT2D eigenvalue weighted by molar-refractivity contribution is 5.89. The molecule has 3 amide bonds. The molecule has 9 heteroatoms. The zero-order valence-electron chi connectivity index (χ0n) is 14.5. The van der Waals surface area contributed by atoms with Crippen LogP contribution in [0.3, 0.4) is 0 Å². The van der Waals surface area contributed by atoms with Gasteiger partial charge in [-0.05, 0) is 17.7 Å². The molecule has 1 atom stereocenters. The van der Waals surface area contributed by atoms with Crippen LogP contribution in [-0.2, 0) is 14.3 Å². The summed E-state index contributed by atoms with van der Waals surface area (Å²) in [4.78, 5) is 37.1. The summed E-state index contributed by atoms with van der Waals surface area (Å²) in [5, 5.41) is 2.59. The molecule has 0 bridgehead atoms. The number of carbonyl (C=O) groups is 3. The van der Waals surface area contributed by atoms with Gasteiger partial charge in [-0.2, -0.15) is 0 Å². The van der Waals surface area contributed by atoms with E-state index in [0.717, 1.165) is 0 Å². The van der Waals surface area contributed by atoms with Gasteiger partial charge in [0.05, 0.1) is 25.9 Å². The van der Waals surface area contributed by atoms with Crippen molar-refractivity contribution in [3.63, 3.8) is 0 Å². The van der Waals surface area contributed by atoms with Gasteiger partial charge >= 0.3 is 12.2 Å². The number of nitrogens with zero attached hydrogens (tertiary/aromatic N) is 2. The third kappa shape index (κ3) is 3.56. The fourth-order valence-electron chi connectivity index (χ4n) is 3.06. The Morgan fingerprint density at radius 2 is 2.08 bits per heavy atom. The van der Waals surface area contributed by atoms with Gasteiger partial charge in [0.15, 0.2) is 0 Å². The number of anilines is 1. The molecule has 0 aromatic heterocycles. The highest BCUT2D eigenvalue weighted by Crippen LogP contribution is 2.32. The minimum Gasteiger partial charge on any atom is -0.453 e. The largest absolute Gasteiger partial charge is 0.453 e. The third-order valence-corrected chi connectivity index (χ3v) is 4.50. The van der Waals surface area contributed by atoms with Crippen LogP contribution in [0.25, 0.3) is 0 Å². The van der Waals surface area contributed by atoms with E-state index < -0.39 is 24.1 Å². The van der Waals surface area contributed by atoms with Gasteiger partial charge < -0.3 is 19.7 Å². The molecule has 1 unspecified atom stereocenters. The van der Waals surface area contributed by atoms with Crippen LogP contribution in [-0.4, -0.2) is 62.4 Å². The van der Waals surface area contributed by atoms with Crippen molar-refractivity contribution in [1.29, 1.82) is 0 Å². The van der Waals surface area contributed by atoms with Crippen molar-refractivity contribution in [3.8, 4) is 0 Å². The number of hydrogen-bond acceptors (Lipinski definition) is 5. The van der Waals surface area contributed by atoms with Crippen LogP contribution in [0.15, 0.2) is 18.2 Å². The normalized spacial score (nSPS) is 19.8. The Balaban J connectivity index is 1.64. The maximum atomic E-state index is 14.5. The van der Waals surface area contributed by atoms with Crippen molar-refractivity contribution in [1.82, 2.24) is 10.2 Å². The van der Waals surface area contributed by atoms with Crippen LogP contribution < -0.4 is 10.2 Å². The molecule has 0 saturated carbocycles. The lowest BCUT2D eigenvalue weighted by Crippen LogP contribution is -2.48. The molecule has 1 aromatic carbocycles. The number of halogens is 1. The topological polar surface area (TPSA) is 88.2 Å². The number of ether oxygens (including phenoxy) is 2. The van der Waals surface area contributed by atoms with E-state index in [1.54, 1.807) is 12.1 Å². The standard InChI is InChI=1S/C17H20FN3O5/c1-10(22)19-6-13-9-21(17(24)26-13)12-3-4-14(15(18)5-12)11-7-20(8-11)16(23)25-2/h3-5,11,13H,6-9H2,1-2H3,(H,19,22). The van der Waals surface area contributed by atoms with Gasteiger partial charge in [-0.15, -0.1) is 0 Å². The summed E-state index contributed by atoms with van der Waals surface area (Å²) in [5.41, 5.74) is 0.891. The number of methoxy groups -OCH3 is 1. The molecule has 2 aliphatic rings. The summed E-state index contributed by atoms with van der Waals surface area (Å²) in [6.45, 7) is 2.62. The van der Waals surface area contributed by atoms with Crippen molar-refractivity contribution < 1.29 is 28.2 Å². The van der Waals surface area contributed by atoms with Crippen LogP contribution in [0.4, 0.5) is 19.7 Å². The average Bonchev–Trinajstić information content (AvgIpc) is 2.93. The van der Waals surface area contributed by atoms with Gasteiger partial charge in [-0.1, -0.05) is 6.07 Å². The molecule has 2 saturated heterocycles. The van der Waals surface area contributed by atoms with Crippen molar-refractivity contribution >= 4 is 23.8 Å². The first-order valence-corrected chi connectivity index (χ1v) is 8.24. The Hall–Kier alpha value is -2.84. The van der Waals surface area contributed by atoms with Gasteiger partial charge in [-0.25, -0.2) is 14.0 Å².